The molecule has 2 aliphatic rings. The van der Waals surface area contributed by atoms with Crippen LogP contribution in [0.2, 0.25) is 0 Å². The predicted molar refractivity (Wildman–Crippen MR) is 74.0 cm³/mol. The van der Waals surface area contributed by atoms with Gasteiger partial charge in [0.25, 0.3) is 0 Å². The Hall–Kier alpha value is -0.540. The second-order valence-electron chi connectivity index (χ2n) is 5.09. The number of benzene rings is 1. The number of sulfonamides is 1. The van der Waals surface area contributed by atoms with E-state index in [2.05, 4.69) is 20.7 Å². The first-order valence-electron chi connectivity index (χ1n) is 6.25. The third kappa shape index (κ3) is 2.29. The predicted octanol–water partition coefficient (Wildman–Crippen LogP) is 0.981. The van der Waals surface area contributed by atoms with Crippen LogP contribution in [0, 0.1) is 11.7 Å². The lowest BCUT2D eigenvalue weighted by Gasteiger charge is -2.45. The normalized spacial score (nSPS) is 32.8. The summed E-state index contributed by atoms with van der Waals surface area (Å²) in [5, 5.41) is 0. The highest BCUT2D eigenvalue weighted by Crippen LogP contribution is 2.38. The zero-order valence-electron chi connectivity index (χ0n) is 10.4. The third-order valence-electron chi connectivity index (χ3n) is 3.92. The third-order valence-corrected chi connectivity index (χ3v) is 5.91. The van der Waals surface area contributed by atoms with Crippen LogP contribution in [0.3, 0.4) is 0 Å². The Labute approximate surface area is 124 Å². The smallest absolute Gasteiger partial charge is 0.243 e. The molecule has 1 heterocycles. The van der Waals surface area contributed by atoms with Crippen LogP contribution in [-0.2, 0) is 14.8 Å². The maximum atomic E-state index is 13.8. The van der Waals surface area contributed by atoms with Crippen molar-refractivity contribution in [2.75, 3.05) is 6.61 Å². The molecule has 1 saturated carbocycles. The second-order valence-corrected chi connectivity index (χ2v) is 7.69. The zero-order valence-corrected chi connectivity index (χ0v) is 12.8. The molecule has 3 N–H and O–H groups in total. The summed E-state index contributed by atoms with van der Waals surface area (Å²) in [5.74, 6) is -0.610. The molecule has 1 aliphatic heterocycles. The topological polar surface area (TPSA) is 81.4 Å². The zero-order chi connectivity index (χ0) is 14.5. The van der Waals surface area contributed by atoms with Gasteiger partial charge in [0.15, 0.2) is 0 Å². The average molecular weight is 365 g/mol. The average Bonchev–Trinajstić information content (AvgIpc) is 2.80. The summed E-state index contributed by atoms with van der Waals surface area (Å²) in [5.41, 5.74) is 5.95. The van der Waals surface area contributed by atoms with Crippen LogP contribution in [0.15, 0.2) is 27.6 Å². The Morgan fingerprint density at radius 2 is 2.20 bits per heavy atom. The van der Waals surface area contributed by atoms with Gasteiger partial charge in [-0.25, -0.2) is 17.5 Å². The fraction of sp³-hybridized carbons (Fsp3) is 0.500. The van der Waals surface area contributed by atoms with Gasteiger partial charge in [-0.1, -0.05) is 15.9 Å². The molecule has 0 radical (unpaired) electrons. The maximum Gasteiger partial charge on any atom is 0.243 e. The Morgan fingerprint density at radius 3 is 2.90 bits per heavy atom. The minimum absolute atomic E-state index is 0.192. The number of nitrogens with two attached hydrogens (primary N) is 1. The van der Waals surface area contributed by atoms with Gasteiger partial charge < -0.3 is 10.5 Å². The standard InChI is InChI=1S/C12H14BrFN2O3S/c13-6-1-2-9(8(14)5-6)20(17,18)16-11-10(15)7-3-4-19-12(7)11/h1-2,5,7,10-12,16H,3-4,15H2. The first-order chi connectivity index (χ1) is 9.40. The van der Waals surface area contributed by atoms with Crippen LogP contribution in [0.4, 0.5) is 4.39 Å². The fourth-order valence-electron chi connectivity index (χ4n) is 2.83. The van der Waals surface area contributed by atoms with Gasteiger partial charge in [0, 0.05) is 23.0 Å². The molecule has 4 atom stereocenters. The molecule has 0 aromatic heterocycles. The van der Waals surface area contributed by atoms with Crippen LogP contribution >= 0.6 is 15.9 Å². The van der Waals surface area contributed by atoms with Gasteiger partial charge in [-0.05, 0) is 24.6 Å². The molecule has 20 heavy (non-hydrogen) atoms. The number of rotatable bonds is 3. The van der Waals surface area contributed by atoms with Gasteiger partial charge >= 0.3 is 0 Å². The number of halogens is 2. The van der Waals surface area contributed by atoms with Crippen LogP contribution < -0.4 is 10.5 Å². The van der Waals surface area contributed by atoms with E-state index in [9.17, 15) is 12.8 Å². The monoisotopic (exact) mass is 364 g/mol. The lowest BCUT2D eigenvalue weighted by molar-refractivity contribution is -0.00925. The van der Waals surface area contributed by atoms with Crippen molar-refractivity contribution in [3.63, 3.8) is 0 Å². The van der Waals surface area contributed by atoms with Crippen LogP contribution in [0.5, 0.6) is 0 Å². The highest BCUT2D eigenvalue weighted by Gasteiger charge is 2.53. The van der Waals surface area contributed by atoms with Crippen LogP contribution in [0.25, 0.3) is 0 Å². The summed E-state index contributed by atoms with van der Waals surface area (Å²) in [6.45, 7) is 0.591. The van der Waals surface area contributed by atoms with Crippen LogP contribution in [-0.4, -0.2) is 33.2 Å². The van der Waals surface area contributed by atoms with E-state index in [1.165, 1.54) is 12.1 Å². The molecule has 1 aromatic carbocycles. The van der Waals surface area contributed by atoms with Gasteiger partial charge in [0.05, 0.1) is 12.1 Å². The molecule has 110 valence electrons. The van der Waals surface area contributed by atoms with Gasteiger partial charge in [0.2, 0.25) is 10.0 Å². The van der Waals surface area contributed by atoms with Crippen molar-refractivity contribution in [1.82, 2.24) is 4.72 Å². The van der Waals surface area contributed by atoms with Crippen molar-refractivity contribution in [2.24, 2.45) is 11.7 Å². The fourth-order valence-corrected chi connectivity index (χ4v) is 4.50. The summed E-state index contributed by atoms with van der Waals surface area (Å²) in [6, 6.07) is 3.04. The molecule has 0 bridgehead atoms. The van der Waals surface area contributed by atoms with Gasteiger partial charge in [-0.15, -0.1) is 0 Å². The van der Waals surface area contributed by atoms with Crippen molar-refractivity contribution in [1.29, 1.82) is 0 Å². The molecule has 1 aliphatic carbocycles. The lowest BCUT2D eigenvalue weighted by Crippen LogP contribution is -2.68. The first-order valence-corrected chi connectivity index (χ1v) is 8.52. The van der Waals surface area contributed by atoms with E-state index in [-0.39, 0.29) is 23.0 Å². The van der Waals surface area contributed by atoms with Gasteiger partial charge in [0.1, 0.15) is 10.7 Å². The van der Waals surface area contributed by atoms with E-state index in [1.807, 2.05) is 0 Å². The number of nitrogens with one attached hydrogen (secondary N) is 1. The van der Waals surface area contributed by atoms with E-state index in [4.69, 9.17) is 10.5 Å². The first kappa shape index (κ1) is 14.4. The Morgan fingerprint density at radius 1 is 1.45 bits per heavy atom. The second kappa shape index (κ2) is 5.03. The van der Waals surface area contributed by atoms with E-state index in [1.54, 1.807) is 0 Å². The van der Waals surface area contributed by atoms with Crippen molar-refractivity contribution < 1.29 is 17.5 Å². The molecule has 1 aromatic rings. The summed E-state index contributed by atoms with van der Waals surface area (Å²) < 4.78 is 46.6. The molecular weight excluding hydrogens is 351 g/mol. The van der Waals surface area contributed by atoms with E-state index >= 15 is 0 Å². The molecule has 0 amide bonds. The minimum atomic E-state index is -3.95. The van der Waals surface area contributed by atoms with Gasteiger partial charge in [-0.3, -0.25) is 0 Å². The maximum absolute atomic E-state index is 13.8. The number of hydrogen-bond donors (Lipinski definition) is 2. The molecule has 8 heteroatoms. The summed E-state index contributed by atoms with van der Waals surface area (Å²) in [4.78, 5) is -0.380. The highest BCUT2D eigenvalue weighted by molar-refractivity contribution is 9.10. The van der Waals surface area contributed by atoms with Gasteiger partial charge in [-0.2, -0.15) is 0 Å². The Bertz CT molecular complexity index is 640. The lowest BCUT2D eigenvalue weighted by atomic mass is 9.73. The van der Waals surface area contributed by atoms with Crippen LogP contribution in [0.1, 0.15) is 6.42 Å². The summed E-state index contributed by atoms with van der Waals surface area (Å²) >= 11 is 3.09. The SMILES string of the molecule is NC1C2CCOC2C1NS(=O)(=O)c1ccc(Br)cc1F. The summed E-state index contributed by atoms with van der Waals surface area (Å²) in [6.07, 6.45) is 0.648. The molecule has 3 rings (SSSR count). The Kier molecular flexibility index (Phi) is 3.62. The molecule has 2 fully saturated rings. The van der Waals surface area contributed by atoms with Crippen molar-refractivity contribution >= 4 is 26.0 Å². The summed E-state index contributed by atoms with van der Waals surface area (Å²) in [7, 11) is -3.95. The largest absolute Gasteiger partial charge is 0.376 e. The molecular formula is C12H14BrFN2O3S. The number of fused-ring (bicyclic) bond motifs is 1. The van der Waals surface area contributed by atoms with Crippen molar-refractivity contribution in [3.05, 3.63) is 28.5 Å². The van der Waals surface area contributed by atoms with Crippen molar-refractivity contribution in [2.45, 2.75) is 29.5 Å². The molecule has 5 nitrogen and oxygen atoms in total. The molecule has 0 spiro atoms. The van der Waals surface area contributed by atoms with Crippen molar-refractivity contribution in [3.8, 4) is 0 Å². The number of ether oxygens (including phenoxy) is 1. The molecule has 1 saturated heterocycles. The Balaban J connectivity index is 1.82. The van der Waals surface area contributed by atoms with E-state index < -0.39 is 21.9 Å². The van der Waals surface area contributed by atoms with E-state index in [0.29, 0.717) is 11.1 Å². The number of hydrogen-bond acceptors (Lipinski definition) is 4. The minimum Gasteiger partial charge on any atom is -0.376 e. The molecule has 4 unspecified atom stereocenters. The highest BCUT2D eigenvalue weighted by atomic mass is 79.9. The van der Waals surface area contributed by atoms with E-state index in [0.717, 1.165) is 12.5 Å². The quantitative estimate of drug-likeness (QED) is 0.837.